The van der Waals surface area contributed by atoms with E-state index in [2.05, 4.69) is 5.92 Å². The van der Waals surface area contributed by atoms with E-state index in [0.717, 1.165) is 19.4 Å². The van der Waals surface area contributed by atoms with Gasteiger partial charge in [0, 0.05) is 13.7 Å². The van der Waals surface area contributed by atoms with Gasteiger partial charge in [0.25, 0.3) is 0 Å². The van der Waals surface area contributed by atoms with Crippen LogP contribution in [0, 0.1) is 12.3 Å². The summed E-state index contributed by atoms with van der Waals surface area (Å²) >= 11 is 0. The number of carbonyl (C=O) groups excluding carboxylic acids is 1. The third-order valence-electron chi connectivity index (χ3n) is 2.18. The average molecular weight is 181 g/mol. The van der Waals surface area contributed by atoms with Crippen molar-refractivity contribution in [3.05, 3.63) is 0 Å². The van der Waals surface area contributed by atoms with Crippen molar-refractivity contribution in [2.75, 3.05) is 20.2 Å². The van der Waals surface area contributed by atoms with Gasteiger partial charge in [0.05, 0.1) is 19.1 Å². The molecule has 0 aliphatic carbocycles. The molecule has 1 unspecified atom stereocenters. The van der Waals surface area contributed by atoms with Crippen LogP contribution in [0.4, 0.5) is 0 Å². The molecule has 0 N–H and O–H groups in total. The molecule has 0 aromatic carbocycles. The van der Waals surface area contributed by atoms with E-state index in [4.69, 9.17) is 11.2 Å². The van der Waals surface area contributed by atoms with Crippen molar-refractivity contribution in [2.24, 2.45) is 0 Å². The highest BCUT2D eigenvalue weighted by Crippen LogP contribution is 2.15. The molecular formula is C10H15NO2. The van der Waals surface area contributed by atoms with E-state index in [0.29, 0.717) is 13.0 Å². The fourth-order valence-corrected chi connectivity index (χ4v) is 1.38. The SMILES string of the molecule is C#CCN(C)C(=O)CC1CCCO1. The topological polar surface area (TPSA) is 29.5 Å². The average Bonchev–Trinajstić information content (AvgIpc) is 2.57. The number of carbonyl (C=O) groups is 1. The summed E-state index contributed by atoms with van der Waals surface area (Å²) in [4.78, 5) is 13.0. The standard InChI is InChI=1S/C10H15NO2/c1-3-6-11(2)10(12)8-9-5-4-7-13-9/h1,9H,4-8H2,2H3. The first kappa shape index (κ1) is 10.1. The molecule has 0 saturated carbocycles. The number of amides is 1. The third kappa shape index (κ3) is 3.08. The van der Waals surface area contributed by atoms with Gasteiger partial charge in [0.2, 0.25) is 5.91 Å². The molecule has 0 spiro atoms. The van der Waals surface area contributed by atoms with Crippen LogP contribution in [0.1, 0.15) is 19.3 Å². The first-order valence-electron chi connectivity index (χ1n) is 4.53. The van der Waals surface area contributed by atoms with E-state index >= 15 is 0 Å². The second-order valence-electron chi connectivity index (χ2n) is 3.29. The zero-order valence-corrected chi connectivity index (χ0v) is 7.95. The summed E-state index contributed by atoms with van der Waals surface area (Å²) in [6.45, 7) is 1.17. The lowest BCUT2D eigenvalue weighted by molar-refractivity contribution is -0.131. The summed E-state index contributed by atoms with van der Waals surface area (Å²) in [7, 11) is 1.72. The Morgan fingerprint density at radius 3 is 3.08 bits per heavy atom. The van der Waals surface area contributed by atoms with E-state index in [1.54, 1.807) is 11.9 Å². The van der Waals surface area contributed by atoms with Crippen LogP contribution in [0.3, 0.4) is 0 Å². The predicted molar refractivity (Wildman–Crippen MR) is 50.1 cm³/mol. The molecule has 1 heterocycles. The molecule has 1 rings (SSSR count). The maximum Gasteiger partial charge on any atom is 0.225 e. The quantitative estimate of drug-likeness (QED) is 0.598. The predicted octanol–water partition coefficient (Wildman–Crippen LogP) is 0.647. The van der Waals surface area contributed by atoms with Crippen LogP contribution in [0.25, 0.3) is 0 Å². The van der Waals surface area contributed by atoms with E-state index in [1.807, 2.05) is 0 Å². The van der Waals surface area contributed by atoms with Gasteiger partial charge in [-0.2, -0.15) is 0 Å². The van der Waals surface area contributed by atoms with Crippen molar-refractivity contribution in [3.63, 3.8) is 0 Å². The van der Waals surface area contributed by atoms with Crippen LogP contribution >= 0.6 is 0 Å². The lowest BCUT2D eigenvalue weighted by Gasteiger charge is -2.16. The van der Waals surface area contributed by atoms with Gasteiger partial charge in [0.1, 0.15) is 0 Å². The number of terminal acetylenes is 1. The Hall–Kier alpha value is -1.01. The molecule has 1 fully saturated rings. The molecule has 1 aliphatic rings. The van der Waals surface area contributed by atoms with Gasteiger partial charge in [-0.25, -0.2) is 0 Å². The molecule has 0 aromatic rings. The van der Waals surface area contributed by atoms with Crippen molar-refractivity contribution in [1.82, 2.24) is 4.90 Å². The Morgan fingerprint density at radius 2 is 2.54 bits per heavy atom. The summed E-state index contributed by atoms with van der Waals surface area (Å²) in [5, 5.41) is 0. The highest BCUT2D eigenvalue weighted by Gasteiger charge is 2.20. The highest BCUT2D eigenvalue weighted by atomic mass is 16.5. The van der Waals surface area contributed by atoms with E-state index < -0.39 is 0 Å². The normalized spacial score (nSPS) is 21.1. The van der Waals surface area contributed by atoms with Gasteiger partial charge in [-0.3, -0.25) is 4.79 Å². The Kier molecular flexibility index (Phi) is 3.78. The second kappa shape index (κ2) is 4.88. The van der Waals surface area contributed by atoms with Crippen molar-refractivity contribution in [1.29, 1.82) is 0 Å². The molecular weight excluding hydrogens is 166 g/mol. The summed E-state index contributed by atoms with van der Waals surface area (Å²) in [6.07, 6.45) is 7.75. The molecule has 3 nitrogen and oxygen atoms in total. The second-order valence-corrected chi connectivity index (χ2v) is 3.29. The molecule has 1 saturated heterocycles. The van der Waals surface area contributed by atoms with Crippen LogP contribution in [0.5, 0.6) is 0 Å². The van der Waals surface area contributed by atoms with Gasteiger partial charge >= 0.3 is 0 Å². The molecule has 0 bridgehead atoms. The van der Waals surface area contributed by atoms with Gasteiger partial charge in [-0.05, 0) is 12.8 Å². The number of hydrogen-bond donors (Lipinski definition) is 0. The van der Waals surface area contributed by atoms with Crippen molar-refractivity contribution in [2.45, 2.75) is 25.4 Å². The Bertz CT molecular complexity index is 213. The number of hydrogen-bond acceptors (Lipinski definition) is 2. The van der Waals surface area contributed by atoms with Gasteiger partial charge in [-0.1, -0.05) is 5.92 Å². The van der Waals surface area contributed by atoms with Crippen LogP contribution < -0.4 is 0 Å². The van der Waals surface area contributed by atoms with Crippen molar-refractivity contribution in [3.8, 4) is 12.3 Å². The van der Waals surface area contributed by atoms with Gasteiger partial charge in [0.15, 0.2) is 0 Å². The molecule has 0 radical (unpaired) electrons. The smallest absolute Gasteiger partial charge is 0.225 e. The monoisotopic (exact) mass is 181 g/mol. The molecule has 3 heteroatoms. The molecule has 72 valence electrons. The maximum absolute atomic E-state index is 11.4. The summed E-state index contributed by atoms with van der Waals surface area (Å²) in [5.41, 5.74) is 0. The minimum absolute atomic E-state index is 0.0739. The molecule has 13 heavy (non-hydrogen) atoms. The lowest BCUT2D eigenvalue weighted by Crippen LogP contribution is -2.29. The summed E-state index contributed by atoms with van der Waals surface area (Å²) < 4.78 is 5.35. The fourth-order valence-electron chi connectivity index (χ4n) is 1.38. The Balaban J connectivity index is 2.27. The van der Waals surface area contributed by atoms with E-state index in [9.17, 15) is 4.79 Å². The van der Waals surface area contributed by atoms with Crippen LogP contribution in [-0.2, 0) is 9.53 Å². The minimum atomic E-state index is 0.0739. The van der Waals surface area contributed by atoms with Crippen LogP contribution in [0.2, 0.25) is 0 Å². The minimum Gasteiger partial charge on any atom is -0.378 e. The van der Waals surface area contributed by atoms with Crippen LogP contribution in [-0.4, -0.2) is 37.1 Å². The Labute approximate surface area is 79.1 Å². The third-order valence-corrected chi connectivity index (χ3v) is 2.18. The van der Waals surface area contributed by atoms with E-state index in [-0.39, 0.29) is 12.0 Å². The van der Waals surface area contributed by atoms with Gasteiger partial charge < -0.3 is 9.64 Å². The van der Waals surface area contributed by atoms with Crippen LogP contribution in [0.15, 0.2) is 0 Å². The van der Waals surface area contributed by atoms with Gasteiger partial charge in [-0.15, -0.1) is 6.42 Å². The number of ether oxygens (including phenoxy) is 1. The van der Waals surface area contributed by atoms with Crippen molar-refractivity contribution < 1.29 is 9.53 Å². The zero-order chi connectivity index (χ0) is 9.68. The number of rotatable bonds is 3. The molecule has 0 aromatic heterocycles. The maximum atomic E-state index is 11.4. The van der Waals surface area contributed by atoms with E-state index in [1.165, 1.54) is 0 Å². The Morgan fingerprint density at radius 1 is 1.77 bits per heavy atom. The zero-order valence-electron chi connectivity index (χ0n) is 7.95. The van der Waals surface area contributed by atoms with Crippen molar-refractivity contribution >= 4 is 5.91 Å². The lowest BCUT2D eigenvalue weighted by atomic mass is 10.1. The first-order valence-corrected chi connectivity index (χ1v) is 4.53. The molecule has 1 aliphatic heterocycles. The molecule has 1 atom stereocenters. The summed E-state index contributed by atoms with van der Waals surface area (Å²) in [5.74, 6) is 2.51. The first-order chi connectivity index (χ1) is 6.24. The largest absolute Gasteiger partial charge is 0.378 e. The molecule has 1 amide bonds. The highest BCUT2D eigenvalue weighted by molar-refractivity contribution is 5.76. The summed E-state index contributed by atoms with van der Waals surface area (Å²) in [6, 6.07) is 0. The number of nitrogens with zero attached hydrogens (tertiary/aromatic N) is 1. The fraction of sp³-hybridized carbons (Fsp3) is 0.700.